The smallest absolute Gasteiger partial charge is 0.181 e. The number of fused-ring (bicyclic) bond motifs is 1. The van der Waals surface area contributed by atoms with Crippen LogP contribution in [-0.2, 0) is 0 Å². The molecule has 2 fully saturated rings. The molecule has 110 valence electrons. The second-order valence-electron chi connectivity index (χ2n) is 6.16. The second-order valence-corrected chi connectivity index (χ2v) is 6.16. The number of halogens is 2. The van der Waals surface area contributed by atoms with Gasteiger partial charge in [-0.3, -0.25) is 0 Å². The first-order chi connectivity index (χ1) is 9.61. The minimum absolute atomic E-state index is 0.162. The highest BCUT2D eigenvalue weighted by atomic mass is 19.2. The van der Waals surface area contributed by atoms with Gasteiger partial charge in [-0.15, -0.1) is 0 Å². The average Bonchev–Trinajstić information content (AvgIpc) is 2.44. The molecule has 2 nitrogen and oxygen atoms in total. The lowest BCUT2D eigenvalue weighted by molar-refractivity contribution is -0.0835. The van der Waals surface area contributed by atoms with Crippen molar-refractivity contribution in [1.82, 2.24) is 0 Å². The lowest BCUT2D eigenvalue weighted by atomic mass is 9.65. The van der Waals surface area contributed by atoms with Crippen molar-refractivity contribution >= 4 is 5.69 Å². The van der Waals surface area contributed by atoms with E-state index in [0.29, 0.717) is 5.92 Å². The van der Waals surface area contributed by atoms with Crippen LogP contribution in [0.25, 0.3) is 0 Å². The molecule has 0 saturated heterocycles. The second kappa shape index (κ2) is 5.32. The van der Waals surface area contributed by atoms with Gasteiger partial charge in [-0.1, -0.05) is 25.3 Å². The Labute approximate surface area is 118 Å². The van der Waals surface area contributed by atoms with E-state index in [1.54, 1.807) is 0 Å². The molecule has 2 N–H and O–H groups in total. The molecular formula is C16H21F2NO. The molecule has 2 aliphatic rings. The van der Waals surface area contributed by atoms with E-state index in [0.717, 1.165) is 51.0 Å². The molecule has 0 heterocycles. The molecule has 0 spiro atoms. The van der Waals surface area contributed by atoms with Crippen LogP contribution in [0.2, 0.25) is 0 Å². The number of hydrogen-bond donors (Lipinski definition) is 2. The van der Waals surface area contributed by atoms with Gasteiger partial charge in [0.05, 0.1) is 17.3 Å². The fraction of sp³-hybridized carbons (Fsp3) is 0.625. The summed E-state index contributed by atoms with van der Waals surface area (Å²) in [7, 11) is 0. The van der Waals surface area contributed by atoms with Gasteiger partial charge >= 0.3 is 0 Å². The summed E-state index contributed by atoms with van der Waals surface area (Å²) in [6.07, 6.45) is 6.85. The monoisotopic (exact) mass is 281 g/mol. The third-order valence-electron chi connectivity index (χ3n) is 5.02. The summed E-state index contributed by atoms with van der Waals surface area (Å²) >= 11 is 0. The van der Waals surface area contributed by atoms with E-state index in [1.807, 2.05) is 0 Å². The third kappa shape index (κ3) is 2.30. The highest BCUT2D eigenvalue weighted by molar-refractivity contribution is 5.46. The molecule has 20 heavy (non-hydrogen) atoms. The van der Waals surface area contributed by atoms with Crippen molar-refractivity contribution in [3.05, 3.63) is 29.8 Å². The number of benzene rings is 1. The Morgan fingerprint density at radius 1 is 1.10 bits per heavy atom. The first-order valence-corrected chi connectivity index (χ1v) is 7.54. The Kier molecular flexibility index (Phi) is 3.67. The Morgan fingerprint density at radius 2 is 1.90 bits per heavy atom. The summed E-state index contributed by atoms with van der Waals surface area (Å²) in [6, 6.07) is 3.96. The van der Waals surface area contributed by atoms with Crippen LogP contribution in [0.15, 0.2) is 18.2 Å². The zero-order valence-corrected chi connectivity index (χ0v) is 11.5. The standard InChI is InChI=1S/C16H21F2NO/c17-12-7-4-8-13(15(12)18)19-14-9-3-6-11-5-1-2-10-16(11,14)20/h4,7-8,11,14,19-20H,1-3,5-6,9-10H2/t11-,14?,16-/m1/s1. The summed E-state index contributed by atoms with van der Waals surface area (Å²) < 4.78 is 27.1. The number of anilines is 1. The van der Waals surface area contributed by atoms with Gasteiger partial charge < -0.3 is 10.4 Å². The van der Waals surface area contributed by atoms with Crippen molar-refractivity contribution < 1.29 is 13.9 Å². The molecule has 0 radical (unpaired) electrons. The van der Waals surface area contributed by atoms with Crippen molar-refractivity contribution in [2.45, 2.75) is 56.6 Å². The molecule has 3 atom stereocenters. The van der Waals surface area contributed by atoms with E-state index in [4.69, 9.17) is 0 Å². The predicted octanol–water partition coefficient (Wildman–Crippen LogP) is 3.85. The van der Waals surface area contributed by atoms with Gasteiger partial charge in [0.1, 0.15) is 0 Å². The normalized spacial score (nSPS) is 33.5. The number of aliphatic hydroxyl groups is 1. The van der Waals surface area contributed by atoms with E-state index < -0.39 is 17.2 Å². The molecule has 3 rings (SSSR count). The summed E-state index contributed by atoms with van der Waals surface area (Å²) in [5, 5.41) is 14.1. The van der Waals surface area contributed by atoms with Crippen molar-refractivity contribution in [2.75, 3.05) is 5.32 Å². The average molecular weight is 281 g/mol. The van der Waals surface area contributed by atoms with Crippen LogP contribution in [0, 0.1) is 17.6 Å². The van der Waals surface area contributed by atoms with Gasteiger partial charge in [-0.2, -0.15) is 0 Å². The summed E-state index contributed by atoms with van der Waals surface area (Å²) in [6.45, 7) is 0. The largest absolute Gasteiger partial charge is 0.387 e. The SMILES string of the molecule is O[C@]12CCCC[C@@H]1CCCC2Nc1cccc(F)c1F. The van der Waals surface area contributed by atoms with Crippen LogP contribution in [0.3, 0.4) is 0 Å². The minimum atomic E-state index is -0.853. The van der Waals surface area contributed by atoms with Crippen LogP contribution < -0.4 is 5.32 Å². The Bertz CT molecular complexity index is 491. The first kappa shape index (κ1) is 13.8. The van der Waals surface area contributed by atoms with Crippen molar-refractivity contribution in [2.24, 2.45) is 5.92 Å². The van der Waals surface area contributed by atoms with Crippen molar-refractivity contribution in [1.29, 1.82) is 0 Å². The lowest BCUT2D eigenvalue weighted by Crippen LogP contribution is -2.56. The Hall–Kier alpha value is -1.16. The van der Waals surface area contributed by atoms with Crippen molar-refractivity contribution in [3.63, 3.8) is 0 Å². The first-order valence-electron chi connectivity index (χ1n) is 7.54. The van der Waals surface area contributed by atoms with E-state index in [2.05, 4.69) is 5.32 Å². The molecule has 0 aromatic heterocycles. The van der Waals surface area contributed by atoms with Crippen LogP contribution in [0.5, 0.6) is 0 Å². The topological polar surface area (TPSA) is 32.3 Å². The number of hydrogen-bond acceptors (Lipinski definition) is 2. The minimum Gasteiger partial charge on any atom is -0.387 e. The molecular weight excluding hydrogens is 260 g/mol. The lowest BCUT2D eigenvalue weighted by Gasteiger charge is -2.49. The fourth-order valence-electron chi connectivity index (χ4n) is 3.92. The molecule has 1 unspecified atom stereocenters. The molecule has 0 amide bonds. The molecule has 1 aromatic rings. The summed E-state index contributed by atoms with van der Waals surface area (Å²) in [4.78, 5) is 0. The van der Waals surface area contributed by atoms with Gasteiger partial charge in [0.15, 0.2) is 11.6 Å². The summed E-state index contributed by atoms with van der Waals surface area (Å²) in [5.74, 6) is -1.41. The molecule has 0 aliphatic heterocycles. The zero-order valence-electron chi connectivity index (χ0n) is 11.5. The maximum absolute atomic E-state index is 13.8. The third-order valence-corrected chi connectivity index (χ3v) is 5.02. The maximum atomic E-state index is 13.8. The molecule has 4 heteroatoms. The van der Waals surface area contributed by atoms with Gasteiger partial charge in [-0.25, -0.2) is 8.78 Å². The van der Waals surface area contributed by atoms with Gasteiger partial charge in [0.25, 0.3) is 0 Å². The highest BCUT2D eigenvalue weighted by Crippen LogP contribution is 2.45. The van der Waals surface area contributed by atoms with Crippen molar-refractivity contribution in [3.8, 4) is 0 Å². The van der Waals surface area contributed by atoms with Crippen LogP contribution >= 0.6 is 0 Å². The van der Waals surface area contributed by atoms with Gasteiger partial charge in [0, 0.05) is 0 Å². The number of nitrogens with one attached hydrogen (secondary N) is 1. The van der Waals surface area contributed by atoms with Crippen LogP contribution in [0.1, 0.15) is 44.9 Å². The molecule has 2 saturated carbocycles. The fourth-order valence-corrected chi connectivity index (χ4v) is 3.92. The number of rotatable bonds is 2. The van der Waals surface area contributed by atoms with E-state index in [9.17, 15) is 13.9 Å². The van der Waals surface area contributed by atoms with Gasteiger partial charge in [0.2, 0.25) is 0 Å². The van der Waals surface area contributed by atoms with Crippen LogP contribution in [0.4, 0.5) is 14.5 Å². The maximum Gasteiger partial charge on any atom is 0.181 e. The summed E-state index contributed by atoms with van der Waals surface area (Å²) in [5.41, 5.74) is -0.607. The van der Waals surface area contributed by atoms with E-state index in [-0.39, 0.29) is 11.7 Å². The van der Waals surface area contributed by atoms with E-state index >= 15 is 0 Å². The van der Waals surface area contributed by atoms with Gasteiger partial charge in [-0.05, 0) is 43.7 Å². The quantitative estimate of drug-likeness (QED) is 0.863. The molecule has 0 bridgehead atoms. The molecule has 1 aromatic carbocycles. The van der Waals surface area contributed by atoms with Crippen LogP contribution in [-0.4, -0.2) is 16.7 Å². The zero-order chi connectivity index (χ0) is 14.2. The Morgan fingerprint density at radius 3 is 2.75 bits per heavy atom. The predicted molar refractivity (Wildman–Crippen MR) is 74.5 cm³/mol. The molecule has 2 aliphatic carbocycles. The highest BCUT2D eigenvalue weighted by Gasteiger charge is 2.47. The van der Waals surface area contributed by atoms with E-state index in [1.165, 1.54) is 12.1 Å². The Balaban J connectivity index is 1.83.